The quantitative estimate of drug-likeness (QED) is 0.604. The summed E-state index contributed by atoms with van der Waals surface area (Å²) in [7, 11) is 0. The number of halogens is 3. The smallest absolute Gasteiger partial charge is 0.163 e. The van der Waals surface area contributed by atoms with E-state index in [4.69, 9.17) is 11.6 Å². The molecule has 0 amide bonds. The van der Waals surface area contributed by atoms with Gasteiger partial charge in [0.15, 0.2) is 5.78 Å². The van der Waals surface area contributed by atoms with Crippen LogP contribution in [0.1, 0.15) is 23.2 Å². The van der Waals surface area contributed by atoms with Crippen molar-refractivity contribution in [3.63, 3.8) is 0 Å². The highest BCUT2D eigenvalue weighted by Gasteiger charge is 2.07. The van der Waals surface area contributed by atoms with Gasteiger partial charge in [-0.05, 0) is 24.6 Å². The van der Waals surface area contributed by atoms with Crippen LogP contribution in [0.5, 0.6) is 0 Å². The minimum Gasteiger partial charge on any atom is -0.294 e. The van der Waals surface area contributed by atoms with Gasteiger partial charge in [0.1, 0.15) is 5.82 Å². The highest BCUT2D eigenvalue weighted by molar-refractivity contribution is 9.09. The third-order valence-corrected chi connectivity index (χ3v) is 2.50. The summed E-state index contributed by atoms with van der Waals surface area (Å²) in [6, 6.07) is 3.88. The first-order valence-electron chi connectivity index (χ1n) is 4.18. The average Bonchev–Trinajstić information content (AvgIpc) is 2.12. The fourth-order valence-corrected chi connectivity index (χ4v) is 1.59. The van der Waals surface area contributed by atoms with Crippen LogP contribution in [0.3, 0.4) is 0 Å². The van der Waals surface area contributed by atoms with E-state index in [0.29, 0.717) is 12.0 Å². The molecule has 1 nitrogen and oxygen atoms in total. The molecule has 0 heterocycles. The molecule has 0 saturated heterocycles. The molecule has 0 spiro atoms. The number of benzene rings is 1. The number of alkyl halides is 1. The lowest BCUT2D eigenvalue weighted by molar-refractivity contribution is 0.0981. The van der Waals surface area contributed by atoms with Crippen LogP contribution in [0.4, 0.5) is 4.39 Å². The van der Waals surface area contributed by atoms with E-state index < -0.39 is 5.82 Å². The summed E-state index contributed by atoms with van der Waals surface area (Å²) < 4.78 is 12.9. The van der Waals surface area contributed by atoms with Gasteiger partial charge in [0.2, 0.25) is 0 Å². The molecule has 14 heavy (non-hydrogen) atoms. The van der Waals surface area contributed by atoms with Crippen LogP contribution in [-0.4, -0.2) is 11.1 Å². The predicted octanol–water partition coefficient (Wildman–Crippen LogP) is 3.84. The fraction of sp³-hybridized carbons (Fsp3) is 0.300. The molecule has 1 aromatic carbocycles. The summed E-state index contributed by atoms with van der Waals surface area (Å²) in [5.41, 5.74) is 0.343. The summed E-state index contributed by atoms with van der Waals surface area (Å²) in [6.07, 6.45) is 1.15. The molecule has 4 heteroatoms. The van der Waals surface area contributed by atoms with Gasteiger partial charge in [0.05, 0.1) is 0 Å². The molecule has 0 saturated carbocycles. The van der Waals surface area contributed by atoms with Gasteiger partial charge in [-0.3, -0.25) is 4.79 Å². The van der Waals surface area contributed by atoms with E-state index in [1.165, 1.54) is 18.2 Å². The second-order valence-electron chi connectivity index (χ2n) is 2.87. The lowest BCUT2D eigenvalue weighted by Gasteiger charge is -2.00. The number of carbonyl (C=O) groups is 1. The van der Waals surface area contributed by atoms with Crippen molar-refractivity contribution in [3.8, 4) is 0 Å². The molecule has 0 fully saturated rings. The normalized spacial score (nSPS) is 10.2. The van der Waals surface area contributed by atoms with E-state index in [2.05, 4.69) is 15.9 Å². The van der Waals surface area contributed by atoms with Gasteiger partial charge in [-0.1, -0.05) is 27.5 Å². The third-order valence-electron chi connectivity index (χ3n) is 1.72. The average molecular weight is 280 g/mol. The number of carbonyl (C=O) groups excluding carboxylic acids is 1. The van der Waals surface area contributed by atoms with E-state index in [0.717, 1.165) is 11.8 Å². The summed E-state index contributed by atoms with van der Waals surface area (Å²) in [4.78, 5) is 11.5. The van der Waals surface area contributed by atoms with Crippen LogP contribution < -0.4 is 0 Å². The molecule has 0 N–H and O–H groups in total. The molecule has 76 valence electrons. The van der Waals surface area contributed by atoms with Gasteiger partial charge >= 0.3 is 0 Å². The Kier molecular flexibility index (Phi) is 4.55. The van der Waals surface area contributed by atoms with Crippen LogP contribution in [0.25, 0.3) is 0 Å². The van der Waals surface area contributed by atoms with Gasteiger partial charge in [-0.15, -0.1) is 0 Å². The summed E-state index contributed by atoms with van der Waals surface area (Å²) in [5.74, 6) is -0.550. The summed E-state index contributed by atoms with van der Waals surface area (Å²) in [5, 5.41) is 1.02. The molecule has 0 bridgehead atoms. The number of rotatable bonds is 4. The second-order valence-corrected chi connectivity index (χ2v) is 4.10. The van der Waals surface area contributed by atoms with Crippen molar-refractivity contribution in [1.82, 2.24) is 0 Å². The van der Waals surface area contributed by atoms with Crippen LogP contribution in [0.2, 0.25) is 5.02 Å². The highest BCUT2D eigenvalue weighted by Crippen LogP contribution is 2.16. The zero-order valence-corrected chi connectivity index (χ0v) is 9.74. The van der Waals surface area contributed by atoms with Gasteiger partial charge in [0.25, 0.3) is 0 Å². The lowest BCUT2D eigenvalue weighted by Crippen LogP contribution is -1.99. The minimum absolute atomic E-state index is 0.0779. The van der Waals surface area contributed by atoms with E-state index in [1.54, 1.807) is 0 Å². The largest absolute Gasteiger partial charge is 0.294 e. The van der Waals surface area contributed by atoms with Crippen LogP contribution in [-0.2, 0) is 0 Å². The fourth-order valence-electron chi connectivity index (χ4n) is 1.09. The van der Waals surface area contributed by atoms with E-state index in [9.17, 15) is 9.18 Å². The lowest BCUT2D eigenvalue weighted by atomic mass is 10.1. The second kappa shape index (κ2) is 5.47. The standard InChI is InChI=1S/C10H9BrClFO/c11-3-1-2-10(14)7-4-8(12)6-9(13)5-7/h4-6H,1-3H2. The monoisotopic (exact) mass is 278 g/mol. The predicted molar refractivity (Wildman–Crippen MR) is 58.8 cm³/mol. The van der Waals surface area contributed by atoms with Gasteiger partial charge in [0, 0.05) is 22.3 Å². The number of hydrogen-bond donors (Lipinski definition) is 0. The first kappa shape index (κ1) is 11.7. The number of ketones is 1. The van der Waals surface area contributed by atoms with E-state index in [1.807, 2.05) is 0 Å². The number of hydrogen-bond acceptors (Lipinski definition) is 1. The van der Waals surface area contributed by atoms with Gasteiger partial charge in [-0.2, -0.15) is 0 Å². The molecule has 0 aliphatic heterocycles. The van der Waals surface area contributed by atoms with Gasteiger partial charge in [-0.25, -0.2) is 4.39 Å². The Morgan fingerprint density at radius 3 is 2.71 bits per heavy atom. The van der Waals surface area contributed by atoms with Crippen molar-refractivity contribution in [1.29, 1.82) is 0 Å². The van der Waals surface area contributed by atoms with E-state index >= 15 is 0 Å². The number of Topliss-reactive ketones (excluding diaryl/α,β-unsaturated/α-hetero) is 1. The first-order valence-corrected chi connectivity index (χ1v) is 5.68. The maximum absolute atomic E-state index is 12.9. The Morgan fingerprint density at radius 1 is 1.43 bits per heavy atom. The van der Waals surface area contributed by atoms with Crippen LogP contribution in [0.15, 0.2) is 18.2 Å². The Morgan fingerprint density at radius 2 is 2.14 bits per heavy atom. The summed E-state index contributed by atoms with van der Waals surface area (Å²) in [6.45, 7) is 0. The zero-order valence-electron chi connectivity index (χ0n) is 7.40. The van der Waals surface area contributed by atoms with E-state index in [-0.39, 0.29) is 10.8 Å². The minimum atomic E-state index is -0.473. The Hall–Kier alpha value is -0.410. The first-order chi connectivity index (χ1) is 6.63. The molecule has 0 unspecified atom stereocenters. The summed E-state index contributed by atoms with van der Waals surface area (Å²) >= 11 is 8.85. The molecule has 1 aromatic rings. The molecule has 0 atom stereocenters. The van der Waals surface area contributed by atoms with Crippen molar-refractivity contribution < 1.29 is 9.18 Å². The molecule has 0 radical (unpaired) electrons. The Bertz CT molecular complexity index is 321. The Labute approximate surface area is 95.4 Å². The van der Waals surface area contributed by atoms with Crippen molar-refractivity contribution in [3.05, 3.63) is 34.6 Å². The van der Waals surface area contributed by atoms with Crippen molar-refractivity contribution in [2.75, 3.05) is 5.33 Å². The molecule has 0 aliphatic rings. The maximum atomic E-state index is 12.9. The van der Waals surface area contributed by atoms with Crippen LogP contribution >= 0.6 is 27.5 Å². The van der Waals surface area contributed by atoms with Crippen molar-refractivity contribution >= 4 is 33.3 Å². The van der Waals surface area contributed by atoms with Crippen LogP contribution in [0, 0.1) is 5.82 Å². The topological polar surface area (TPSA) is 17.1 Å². The maximum Gasteiger partial charge on any atom is 0.163 e. The Balaban J connectivity index is 2.79. The van der Waals surface area contributed by atoms with Crippen molar-refractivity contribution in [2.24, 2.45) is 0 Å². The molecular formula is C10H9BrClFO. The molecule has 0 aromatic heterocycles. The SMILES string of the molecule is O=C(CCCBr)c1cc(F)cc(Cl)c1. The van der Waals surface area contributed by atoms with Crippen molar-refractivity contribution in [2.45, 2.75) is 12.8 Å². The molecular weight excluding hydrogens is 270 g/mol. The highest BCUT2D eigenvalue weighted by atomic mass is 79.9. The third kappa shape index (κ3) is 3.39. The zero-order chi connectivity index (χ0) is 10.6. The molecule has 0 aliphatic carbocycles. The van der Waals surface area contributed by atoms with Gasteiger partial charge < -0.3 is 0 Å². The molecule has 1 rings (SSSR count).